The molecule has 0 fully saturated rings. The van der Waals surface area contributed by atoms with Crippen molar-refractivity contribution in [3.8, 4) is 11.4 Å². The highest BCUT2D eigenvalue weighted by Gasteiger charge is 2.28. The number of aromatic nitrogens is 4. The lowest BCUT2D eigenvalue weighted by Gasteiger charge is -2.14. The lowest BCUT2D eigenvalue weighted by Crippen LogP contribution is -2.11. The number of pyridine rings is 1. The molecule has 26 heavy (non-hydrogen) atoms. The van der Waals surface area contributed by atoms with Gasteiger partial charge in [0.2, 0.25) is 5.91 Å². The molecule has 1 N–H and O–H groups in total. The Hall–Kier alpha value is -2.32. The number of thioether (sulfide) groups is 2. The van der Waals surface area contributed by atoms with Crippen molar-refractivity contribution in [3.63, 3.8) is 0 Å². The van der Waals surface area contributed by atoms with Crippen LogP contribution >= 0.6 is 23.5 Å². The molecule has 0 spiro atoms. The van der Waals surface area contributed by atoms with Gasteiger partial charge in [-0.2, -0.15) is 0 Å². The minimum atomic E-state index is -0.0588. The third kappa shape index (κ3) is 3.61. The summed E-state index contributed by atoms with van der Waals surface area (Å²) in [5.41, 5.74) is 1.81. The number of hydrogen-bond donors (Lipinski definition) is 1. The van der Waals surface area contributed by atoms with E-state index in [0.717, 1.165) is 33.7 Å². The molecule has 1 unspecified atom stereocenters. The first kappa shape index (κ1) is 17.1. The van der Waals surface area contributed by atoms with Crippen molar-refractivity contribution in [1.29, 1.82) is 0 Å². The third-order valence-electron chi connectivity index (χ3n) is 3.97. The Morgan fingerprint density at radius 1 is 1.31 bits per heavy atom. The van der Waals surface area contributed by atoms with Crippen LogP contribution < -0.4 is 5.32 Å². The maximum absolute atomic E-state index is 11.1. The number of nitrogens with one attached hydrogen (secondary N) is 1. The van der Waals surface area contributed by atoms with Crippen LogP contribution in [-0.4, -0.2) is 37.2 Å². The number of rotatable bonds is 5. The van der Waals surface area contributed by atoms with Crippen LogP contribution in [-0.2, 0) is 4.79 Å². The van der Waals surface area contributed by atoms with E-state index in [1.54, 1.807) is 29.7 Å². The summed E-state index contributed by atoms with van der Waals surface area (Å²) in [7, 11) is 0. The smallest absolute Gasteiger partial charge is 0.221 e. The van der Waals surface area contributed by atoms with Crippen LogP contribution in [0.3, 0.4) is 0 Å². The van der Waals surface area contributed by atoms with Crippen LogP contribution in [0.1, 0.15) is 13.0 Å². The zero-order valence-electron chi connectivity index (χ0n) is 14.1. The lowest BCUT2D eigenvalue weighted by atomic mass is 10.2. The van der Waals surface area contributed by atoms with Gasteiger partial charge in [0.05, 0.1) is 6.04 Å². The molecule has 1 amide bonds. The van der Waals surface area contributed by atoms with E-state index in [2.05, 4.69) is 25.1 Å². The van der Waals surface area contributed by atoms with Crippen molar-refractivity contribution in [2.75, 3.05) is 16.8 Å². The van der Waals surface area contributed by atoms with Crippen LogP contribution in [0.25, 0.3) is 11.4 Å². The Morgan fingerprint density at radius 3 is 2.88 bits per heavy atom. The zero-order chi connectivity index (χ0) is 17.9. The second kappa shape index (κ2) is 7.51. The van der Waals surface area contributed by atoms with Gasteiger partial charge in [-0.3, -0.25) is 14.3 Å². The van der Waals surface area contributed by atoms with E-state index in [-0.39, 0.29) is 5.91 Å². The fourth-order valence-corrected chi connectivity index (χ4v) is 5.01. The van der Waals surface area contributed by atoms with Gasteiger partial charge in [0.1, 0.15) is 0 Å². The monoisotopic (exact) mass is 383 g/mol. The Labute approximate surface area is 159 Å². The number of fused-ring (bicyclic) bond motifs is 1. The van der Waals surface area contributed by atoms with E-state index in [9.17, 15) is 4.79 Å². The summed E-state index contributed by atoms with van der Waals surface area (Å²) in [4.78, 5) is 16.5. The molecule has 3 aromatic rings. The highest BCUT2D eigenvalue weighted by molar-refractivity contribution is 8.00. The maximum Gasteiger partial charge on any atom is 0.221 e. The number of carbonyl (C=O) groups excluding carboxylic acids is 1. The van der Waals surface area contributed by atoms with E-state index < -0.39 is 0 Å². The summed E-state index contributed by atoms with van der Waals surface area (Å²) in [5, 5.41) is 12.4. The SMILES string of the molecule is CC(=O)Nc1ccc(SCC2CSc3nnc(-c4cccnc4)n32)cc1. The molecule has 8 heteroatoms. The van der Waals surface area contributed by atoms with E-state index in [0.29, 0.717) is 6.04 Å². The number of nitrogens with zero attached hydrogens (tertiary/aromatic N) is 4. The van der Waals surface area contributed by atoms with Crippen molar-refractivity contribution in [2.24, 2.45) is 0 Å². The second-order valence-corrected chi connectivity index (χ2v) is 7.98. The number of amides is 1. The number of anilines is 1. The molecule has 6 nitrogen and oxygen atoms in total. The number of hydrogen-bond acceptors (Lipinski definition) is 6. The first-order valence-electron chi connectivity index (χ1n) is 8.19. The maximum atomic E-state index is 11.1. The highest BCUT2D eigenvalue weighted by atomic mass is 32.2. The molecule has 3 heterocycles. The molecule has 1 atom stereocenters. The normalized spacial score (nSPS) is 15.7. The van der Waals surface area contributed by atoms with Crippen molar-refractivity contribution in [1.82, 2.24) is 19.7 Å². The van der Waals surface area contributed by atoms with Crippen LogP contribution in [0.2, 0.25) is 0 Å². The summed E-state index contributed by atoms with van der Waals surface area (Å²) in [6, 6.07) is 12.2. The fourth-order valence-electron chi connectivity index (χ4n) is 2.79. The molecular formula is C18H17N5OS2. The van der Waals surface area contributed by atoms with E-state index in [4.69, 9.17) is 0 Å². The van der Waals surface area contributed by atoms with Crippen molar-refractivity contribution in [3.05, 3.63) is 48.8 Å². The molecule has 132 valence electrons. The van der Waals surface area contributed by atoms with Gasteiger partial charge in [-0.25, -0.2) is 0 Å². The van der Waals surface area contributed by atoms with Crippen molar-refractivity contribution >= 4 is 35.1 Å². The van der Waals surface area contributed by atoms with Crippen molar-refractivity contribution in [2.45, 2.75) is 23.0 Å². The summed E-state index contributed by atoms with van der Waals surface area (Å²) < 4.78 is 2.22. The molecule has 4 rings (SSSR count). The second-order valence-electron chi connectivity index (χ2n) is 5.90. The number of carbonyl (C=O) groups is 1. The van der Waals surface area contributed by atoms with Gasteiger partial charge >= 0.3 is 0 Å². The molecule has 0 saturated heterocycles. The Kier molecular flexibility index (Phi) is 4.94. The van der Waals surface area contributed by atoms with Gasteiger partial charge in [0.25, 0.3) is 0 Å². The summed E-state index contributed by atoms with van der Waals surface area (Å²) in [6.07, 6.45) is 3.59. The third-order valence-corrected chi connectivity index (χ3v) is 6.22. The molecule has 0 radical (unpaired) electrons. The number of benzene rings is 1. The minimum Gasteiger partial charge on any atom is -0.326 e. The minimum absolute atomic E-state index is 0.0588. The predicted molar refractivity (Wildman–Crippen MR) is 104 cm³/mol. The Morgan fingerprint density at radius 2 is 2.15 bits per heavy atom. The largest absolute Gasteiger partial charge is 0.326 e. The van der Waals surface area contributed by atoms with Gasteiger partial charge in [-0.05, 0) is 36.4 Å². The molecular weight excluding hydrogens is 366 g/mol. The highest BCUT2D eigenvalue weighted by Crippen LogP contribution is 2.38. The van der Waals surface area contributed by atoms with Crippen LogP contribution in [0.5, 0.6) is 0 Å². The quantitative estimate of drug-likeness (QED) is 0.677. The van der Waals surface area contributed by atoms with E-state index in [1.807, 2.05) is 42.6 Å². The molecule has 0 aliphatic carbocycles. The summed E-state index contributed by atoms with van der Waals surface area (Å²) >= 11 is 3.54. The standard InChI is InChI=1S/C18H17N5OS2/c1-12(24)20-14-4-6-16(7-5-14)25-10-15-11-26-18-22-21-17(23(15)18)13-3-2-8-19-9-13/h2-9,15H,10-11H2,1H3,(H,20,24). The fraction of sp³-hybridized carbons (Fsp3) is 0.222. The topological polar surface area (TPSA) is 72.7 Å². The zero-order valence-corrected chi connectivity index (χ0v) is 15.8. The van der Waals surface area contributed by atoms with Crippen LogP contribution in [0, 0.1) is 0 Å². The molecule has 0 bridgehead atoms. The summed E-state index contributed by atoms with van der Waals surface area (Å²) in [5.74, 6) is 2.75. The molecule has 1 aliphatic rings. The van der Waals surface area contributed by atoms with Crippen LogP contribution in [0.4, 0.5) is 5.69 Å². The first-order valence-corrected chi connectivity index (χ1v) is 10.2. The molecule has 0 saturated carbocycles. The first-order chi connectivity index (χ1) is 12.7. The van der Waals surface area contributed by atoms with Crippen molar-refractivity contribution < 1.29 is 4.79 Å². The average Bonchev–Trinajstić information content (AvgIpc) is 3.24. The molecule has 1 aliphatic heterocycles. The Balaban J connectivity index is 1.47. The van der Waals surface area contributed by atoms with Gasteiger partial charge < -0.3 is 5.32 Å². The lowest BCUT2D eigenvalue weighted by molar-refractivity contribution is -0.114. The van der Waals surface area contributed by atoms with E-state index in [1.165, 1.54) is 11.8 Å². The van der Waals surface area contributed by atoms with Gasteiger partial charge in [-0.1, -0.05) is 11.8 Å². The summed E-state index contributed by atoms with van der Waals surface area (Å²) in [6.45, 7) is 1.51. The molecule has 1 aromatic carbocycles. The van der Waals surface area contributed by atoms with Gasteiger partial charge in [-0.15, -0.1) is 22.0 Å². The Bertz CT molecular complexity index is 911. The van der Waals surface area contributed by atoms with E-state index >= 15 is 0 Å². The average molecular weight is 384 g/mol. The van der Waals surface area contributed by atoms with Gasteiger partial charge in [0, 0.05) is 47.0 Å². The predicted octanol–water partition coefficient (Wildman–Crippen LogP) is 3.74. The van der Waals surface area contributed by atoms with Crippen LogP contribution in [0.15, 0.2) is 58.8 Å². The van der Waals surface area contributed by atoms with Gasteiger partial charge in [0.15, 0.2) is 11.0 Å². The molecule has 2 aromatic heterocycles.